The molecule has 1 saturated heterocycles. The summed E-state index contributed by atoms with van der Waals surface area (Å²) in [7, 11) is 1.60. The van der Waals surface area contributed by atoms with Gasteiger partial charge in [0.1, 0.15) is 5.75 Å². The van der Waals surface area contributed by atoms with Crippen LogP contribution in [-0.2, 0) is 4.74 Å². The quantitative estimate of drug-likeness (QED) is 0.594. The zero-order valence-corrected chi connectivity index (χ0v) is 17.7. The highest BCUT2D eigenvalue weighted by molar-refractivity contribution is 6.06. The second-order valence-electron chi connectivity index (χ2n) is 7.53. The number of carbonyl (C=O) groups is 1. The van der Waals surface area contributed by atoms with Gasteiger partial charge in [0.25, 0.3) is 11.5 Å². The number of nitrogens with one attached hydrogen (secondary N) is 1. The van der Waals surface area contributed by atoms with Crippen LogP contribution in [0.5, 0.6) is 5.75 Å². The van der Waals surface area contributed by atoms with Gasteiger partial charge < -0.3 is 14.8 Å². The normalized spacial score (nSPS) is 14.5. The Morgan fingerprint density at radius 1 is 1.06 bits per heavy atom. The first kappa shape index (κ1) is 21.1. The number of morpholine rings is 1. The maximum atomic E-state index is 13.1. The van der Waals surface area contributed by atoms with Gasteiger partial charge in [-0.25, -0.2) is 0 Å². The number of hydrogen-bond donors (Lipinski definition) is 1. The molecule has 0 spiro atoms. The Bertz CT molecular complexity index is 1100. The summed E-state index contributed by atoms with van der Waals surface area (Å²) in [5.41, 5.74) is 1.000. The number of benzene rings is 2. The summed E-state index contributed by atoms with van der Waals surface area (Å²) < 4.78 is 12.1. The molecular weight excluding hydrogens is 394 g/mol. The minimum absolute atomic E-state index is 0.162. The zero-order chi connectivity index (χ0) is 21.6. The summed E-state index contributed by atoms with van der Waals surface area (Å²) in [5.74, 6) is 0.524. The average Bonchev–Trinajstić information content (AvgIpc) is 2.83. The molecule has 0 unspecified atom stereocenters. The molecule has 1 aromatic heterocycles. The van der Waals surface area contributed by atoms with Crippen molar-refractivity contribution < 1.29 is 14.3 Å². The summed E-state index contributed by atoms with van der Waals surface area (Å²) in [6, 6.07) is 14.4. The van der Waals surface area contributed by atoms with E-state index in [1.807, 2.05) is 18.2 Å². The third-order valence-corrected chi connectivity index (χ3v) is 5.56. The highest BCUT2D eigenvalue weighted by Gasteiger charge is 2.16. The summed E-state index contributed by atoms with van der Waals surface area (Å²) in [4.78, 5) is 28.4. The summed E-state index contributed by atoms with van der Waals surface area (Å²) in [6.07, 6.45) is 2.49. The Kier molecular flexibility index (Phi) is 6.64. The Morgan fingerprint density at radius 3 is 2.48 bits per heavy atom. The topological polar surface area (TPSA) is 72.8 Å². The van der Waals surface area contributed by atoms with E-state index in [1.54, 1.807) is 43.6 Å². The molecule has 1 aliphatic heterocycles. The smallest absolute Gasteiger partial charge is 0.262 e. The van der Waals surface area contributed by atoms with Crippen molar-refractivity contribution in [2.45, 2.75) is 6.42 Å². The fourth-order valence-corrected chi connectivity index (χ4v) is 3.83. The first-order valence-corrected chi connectivity index (χ1v) is 10.5. The van der Waals surface area contributed by atoms with E-state index in [-0.39, 0.29) is 11.5 Å². The minimum atomic E-state index is -0.180. The largest absolute Gasteiger partial charge is 0.497 e. The Balaban J connectivity index is 1.56. The van der Waals surface area contributed by atoms with Gasteiger partial charge in [-0.05, 0) is 43.3 Å². The minimum Gasteiger partial charge on any atom is -0.497 e. The first-order valence-electron chi connectivity index (χ1n) is 10.5. The van der Waals surface area contributed by atoms with Crippen LogP contribution < -0.4 is 15.6 Å². The molecule has 7 nitrogen and oxygen atoms in total. The number of rotatable bonds is 7. The fourth-order valence-electron chi connectivity index (χ4n) is 3.83. The molecule has 0 aliphatic carbocycles. The molecular formula is C24H27N3O4. The molecule has 3 aromatic rings. The van der Waals surface area contributed by atoms with E-state index < -0.39 is 0 Å². The Morgan fingerprint density at radius 2 is 1.77 bits per heavy atom. The van der Waals surface area contributed by atoms with E-state index in [0.717, 1.165) is 39.3 Å². The second-order valence-corrected chi connectivity index (χ2v) is 7.53. The van der Waals surface area contributed by atoms with Crippen molar-refractivity contribution in [1.29, 1.82) is 0 Å². The maximum Gasteiger partial charge on any atom is 0.262 e. The van der Waals surface area contributed by atoms with Crippen molar-refractivity contribution in [3.63, 3.8) is 0 Å². The first-order chi connectivity index (χ1) is 15.2. The number of methoxy groups -OCH3 is 1. The molecule has 0 atom stereocenters. The fraction of sp³-hybridized carbons (Fsp3) is 0.333. The molecule has 1 aliphatic rings. The lowest BCUT2D eigenvalue weighted by atomic mass is 10.1. The molecule has 0 saturated carbocycles. The molecule has 1 N–H and O–H groups in total. The third-order valence-electron chi connectivity index (χ3n) is 5.56. The summed E-state index contributed by atoms with van der Waals surface area (Å²) in [6.45, 7) is 4.91. The molecule has 0 bridgehead atoms. The lowest BCUT2D eigenvalue weighted by Crippen LogP contribution is -2.38. The SMILES string of the molecule is COc1ccc(-n2cc(C(=O)NCCCN3CCOCC3)c3ccccc3c2=O)cc1. The number of carbonyl (C=O) groups excluding carboxylic acids is 1. The predicted molar refractivity (Wildman–Crippen MR) is 120 cm³/mol. The lowest BCUT2D eigenvalue weighted by Gasteiger charge is -2.26. The molecule has 1 fully saturated rings. The molecule has 31 heavy (non-hydrogen) atoms. The number of fused-ring (bicyclic) bond motifs is 1. The molecule has 2 aromatic carbocycles. The van der Waals surface area contributed by atoms with E-state index in [4.69, 9.17) is 9.47 Å². The Labute approximate surface area is 181 Å². The molecule has 162 valence electrons. The average molecular weight is 421 g/mol. The lowest BCUT2D eigenvalue weighted by molar-refractivity contribution is 0.0374. The standard InChI is InChI=1S/C24H27N3O4/c1-30-19-9-7-18(8-10-19)27-17-22(20-5-2-3-6-21(20)24(27)29)23(28)25-11-4-12-26-13-15-31-16-14-26/h2-3,5-10,17H,4,11-16H2,1H3,(H,25,28). The molecule has 4 rings (SSSR count). The predicted octanol–water partition coefficient (Wildman–Crippen LogP) is 2.45. The monoisotopic (exact) mass is 421 g/mol. The van der Waals surface area contributed by atoms with Crippen LogP contribution in [0.2, 0.25) is 0 Å². The van der Waals surface area contributed by atoms with Crippen LogP contribution in [0.4, 0.5) is 0 Å². The third kappa shape index (κ3) is 4.78. The van der Waals surface area contributed by atoms with Gasteiger partial charge in [-0.15, -0.1) is 0 Å². The van der Waals surface area contributed by atoms with E-state index in [2.05, 4.69) is 10.2 Å². The van der Waals surface area contributed by atoms with Crippen molar-refractivity contribution in [2.24, 2.45) is 0 Å². The van der Waals surface area contributed by atoms with Gasteiger partial charge in [-0.1, -0.05) is 18.2 Å². The molecule has 2 heterocycles. The Hall–Kier alpha value is -3.16. The molecule has 1 amide bonds. The van der Waals surface area contributed by atoms with E-state index in [1.165, 1.54) is 4.57 Å². The van der Waals surface area contributed by atoms with Crippen molar-refractivity contribution in [1.82, 2.24) is 14.8 Å². The van der Waals surface area contributed by atoms with Crippen LogP contribution in [0, 0.1) is 0 Å². The van der Waals surface area contributed by atoms with Gasteiger partial charge >= 0.3 is 0 Å². The van der Waals surface area contributed by atoms with Crippen molar-refractivity contribution in [2.75, 3.05) is 46.5 Å². The second kappa shape index (κ2) is 9.76. The van der Waals surface area contributed by atoms with E-state index in [9.17, 15) is 9.59 Å². The summed E-state index contributed by atoms with van der Waals surface area (Å²) in [5, 5.41) is 4.18. The molecule has 7 heteroatoms. The van der Waals surface area contributed by atoms with Gasteiger partial charge in [-0.3, -0.25) is 19.1 Å². The number of pyridine rings is 1. The number of amides is 1. The maximum absolute atomic E-state index is 13.1. The van der Waals surface area contributed by atoms with Crippen molar-refractivity contribution in [3.05, 3.63) is 70.6 Å². The highest BCUT2D eigenvalue weighted by Crippen LogP contribution is 2.19. The van der Waals surface area contributed by atoms with Crippen LogP contribution >= 0.6 is 0 Å². The molecule has 0 radical (unpaired) electrons. The highest BCUT2D eigenvalue weighted by atomic mass is 16.5. The number of hydrogen-bond acceptors (Lipinski definition) is 5. The van der Waals surface area contributed by atoms with Crippen LogP contribution in [0.25, 0.3) is 16.5 Å². The van der Waals surface area contributed by atoms with Crippen molar-refractivity contribution in [3.8, 4) is 11.4 Å². The van der Waals surface area contributed by atoms with Gasteiger partial charge in [0.2, 0.25) is 0 Å². The van der Waals surface area contributed by atoms with E-state index in [0.29, 0.717) is 34.3 Å². The number of nitrogens with zero attached hydrogens (tertiary/aromatic N) is 2. The number of ether oxygens (including phenoxy) is 2. The van der Waals surface area contributed by atoms with Gasteiger partial charge in [0.15, 0.2) is 0 Å². The van der Waals surface area contributed by atoms with Crippen LogP contribution in [0.3, 0.4) is 0 Å². The van der Waals surface area contributed by atoms with Crippen molar-refractivity contribution >= 4 is 16.7 Å². The zero-order valence-electron chi connectivity index (χ0n) is 17.7. The number of aromatic nitrogens is 1. The van der Waals surface area contributed by atoms with Crippen LogP contribution in [-0.4, -0.2) is 61.9 Å². The summed E-state index contributed by atoms with van der Waals surface area (Å²) >= 11 is 0. The van der Waals surface area contributed by atoms with Gasteiger partial charge in [0, 0.05) is 42.3 Å². The van der Waals surface area contributed by atoms with Gasteiger partial charge in [0.05, 0.1) is 25.9 Å². The van der Waals surface area contributed by atoms with Gasteiger partial charge in [-0.2, -0.15) is 0 Å². The van der Waals surface area contributed by atoms with Crippen LogP contribution in [0.15, 0.2) is 59.5 Å². The van der Waals surface area contributed by atoms with E-state index >= 15 is 0 Å². The van der Waals surface area contributed by atoms with Crippen LogP contribution in [0.1, 0.15) is 16.8 Å².